The van der Waals surface area contributed by atoms with Crippen LogP contribution >= 0.6 is 11.6 Å². The average molecular weight is 269 g/mol. The Labute approximate surface area is 109 Å². The van der Waals surface area contributed by atoms with Gasteiger partial charge in [-0.05, 0) is 24.3 Å². The first kappa shape index (κ1) is 12.8. The highest BCUT2D eigenvalue weighted by Gasteiger charge is 2.12. The van der Waals surface area contributed by atoms with Crippen LogP contribution in [0.3, 0.4) is 0 Å². The second-order valence-electron chi connectivity index (χ2n) is 3.81. The van der Waals surface area contributed by atoms with Gasteiger partial charge in [0.05, 0.1) is 12.1 Å². The van der Waals surface area contributed by atoms with Crippen LogP contribution in [0.5, 0.6) is 0 Å². The summed E-state index contributed by atoms with van der Waals surface area (Å²) < 4.78 is 26.2. The Morgan fingerprint density at radius 2 is 2.00 bits per heavy atom. The molecule has 0 aliphatic carbocycles. The Bertz CT molecular complexity index is 560. The Morgan fingerprint density at radius 1 is 1.22 bits per heavy atom. The maximum Gasteiger partial charge on any atom is 0.141 e. The van der Waals surface area contributed by atoms with E-state index in [9.17, 15) is 8.78 Å². The molecule has 0 saturated heterocycles. The largest absolute Gasteiger partial charge is 0.329 e. The highest BCUT2D eigenvalue weighted by molar-refractivity contribution is 6.17. The van der Waals surface area contributed by atoms with Gasteiger partial charge in [0.25, 0.3) is 0 Å². The summed E-state index contributed by atoms with van der Waals surface area (Å²) in [6.45, 7) is 0. The summed E-state index contributed by atoms with van der Waals surface area (Å²) in [5, 5.41) is 0. The first-order valence-electron chi connectivity index (χ1n) is 5.31. The summed E-state index contributed by atoms with van der Waals surface area (Å²) in [7, 11) is 1.73. The van der Waals surface area contributed by atoms with Crippen molar-refractivity contribution in [3.8, 4) is 0 Å². The van der Waals surface area contributed by atoms with Gasteiger partial charge in [0.1, 0.15) is 17.5 Å². The number of hydrogen-bond donors (Lipinski definition) is 0. The molecule has 0 amide bonds. The van der Waals surface area contributed by atoms with E-state index in [1.54, 1.807) is 24.1 Å². The molecule has 0 atom stereocenters. The van der Waals surface area contributed by atoms with Crippen molar-refractivity contribution in [1.29, 1.82) is 0 Å². The lowest BCUT2D eigenvalue weighted by Crippen LogP contribution is -2.13. The summed E-state index contributed by atoms with van der Waals surface area (Å²) in [5.41, 5.74) is 1.18. The van der Waals surface area contributed by atoms with Gasteiger partial charge in [0.15, 0.2) is 0 Å². The monoisotopic (exact) mass is 268 g/mol. The van der Waals surface area contributed by atoms with E-state index in [0.29, 0.717) is 17.1 Å². The number of hydrogen-bond acceptors (Lipinski definition) is 2. The minimum atomic E-state index is -0.443. The van der Waals surface area contributed by atoms with E-state index < -0.39 is 5.82 Å². The van der Waals surface area contributed by atoms with Crippen molar-refractivity contribution < 1.29 is 8.78 Å². The third-order valence-electron chi connectivity index (χ3n) is 2.57. The standard InChI is InChI=1S/C13H11ClF2N2/c1-18(12-4-2-3-10(15)6-12)13-9(7-14)5-11(16)8-17-13/h2-6,8H,7H2,1H3. The van der Waals surface area contributed by atoms with Crippen LogP contribution in [0.2, 0.25) is 0 Å². The lowest BCUT2D eigenvalue weighted by molar-refractivity contribution is 0.619. The van der Waals surface area contributed by atoms with Crippen LogP contribution in [-0.2, 0) is 5.88 Å². The number of halogens is 3. The topological polar surface area (TPSA) is 16.1 Å². The molecule has 2 aromatic rings. The average Bonchev–Trinajstić information content (AvgIpc) is 2.37. The van der Waals surface area contributed by atoms with Gasteiger partial charge >= 0.3 is 0 Å². The van der Waals surface area contributed by atoms with Crippen LogP contribution < -0.4 is 4.90 Å². The molecule has 5 heteroatoms. The predicted octanol–water partition coefficient (Wildman–Crippen LogP) is 3.87. The number of pyridine rings is 1. The molecular weight excluding hydrogens is 258 g/mol. The van der Waals surface area contributed by atoms with E-state index >= 15 is 0 Å². The third-order valence-corrected chi connectivity index (χ3v) is 2.85. The molecule has 0 aliphatic heterocycles. The molecule has 18 heavy (non-hydrogen) atoms. The lowest BCUT2D eigenvalue weighted by atomic mass is 10.2. The van der Waals surface area contributed by atoms with Crippen molar-refractivity contribution in [2.75, 3.05) is 11.9 Å². The zero-order chi connectivity index (χ0) is 13.1. The Balaban J connectivity index is 2.42. The van der Waals surface area contributed by atoms with Crippen molar-refractivity contribution in [3.63, 3.8) is 0 Å². The van der Waals surface area contributed by atoms with E-state index in [2.05, 4.69) is 4.98 Å². The van der Waals surface area contributed by atoms with Crippen LogP contribution in [0.15, 0.2) is 36.5 Å². The molecule has 1 aromatic carbocycles. The van der Waals surface area contributed by atoms with Crippen LogP contribution in [0, 0.1) is 11.6 Å². The fourth-order valence-electron chi connectivity index (χ4n) is 1.68. The highest BCUT2D eigenvalue weighted by atomic mass is 35.5. The molecule has 0 radical (unpaired) electrons. The highest BCUT2D eigenvalue weighted by Crippen LogP contribution is 2.26. The van der Waals surface area contributed by atoms with Crippen LogP contribution in [0.4, 0.5) is 20.3 Å². The summed E-state index contributed by atoms with van der Waals surface area (Å²) in [4.78, 5) is 5.67. The van der Waals surface area contributed by atoms with E-state index in [-0.39, 0.29) is 11.7 Å². The van der Waals surface area contributed by atoms with E-state index in [4.69, 9.17) is 11.6 Å². The first-order chi connectivity index (χ1) is 8.61. The normalized spacial score (nSPS) is 10.4. The van der Waals surface area contributed by atoms with Gasteiger partial charge in [0.2, 0.25) is 0 Å². The maximum atomic E-state index is 13.2. The lowest BCUT2D eigenvalue weighted by Gasteiger charge is -2.20. The number of anilines is 2. The molecule has 0 N–H and O–H groups in total. The molecule has 0 aliphatic rings. The van der Waals surface area contributed by atoms with Crippen LogP contribution in [-0.4, -0.2) is 12.0 Å². The first-order valence-corrected chi connectivity index (χ1v) is 5.85. The summed E-state index contributed by atoms with van der Waals surface area (Å²) >= 11 is 5.76. The number of aromatic nitrogens is 1. The number of nitrogens with zero attached hydrogens (tertiary/aromatic N) is 2. The maximum absolute atomic E-state index is 13.2. The quantitative estimate of drug-likeness (QED) is 0.786. The third kappa shape index (κ3) is 2.59. The van der Waals surface area contributed by atoms with Gasteiger partial charge in [-0.25, -0.2) is 13.8 Å². The minimum absolute atomic E-state index is 0.139. The van der Waals surface area contributed by atoms with Gasteiger partial charge in [-0.1, -0.05) is 6.07 Å². The van der Waals surface area contributed by atoms with E-state index in [1.165, 1.54) is 18.2 Å². The Morgan fingerprint density at radius 3 is 2.67 bits per heavy atom. The molecule has 2 rings (SSSR count). The number of alkyl halides is 1. The zero-order valence-corrected chi connectivity index (χ0v) is 10.5. The SMILES string of the molecule is CN(c1cccc(F)c1)c1ncc(F)cc1CCl. The number of rotatable bonds is 3. The van der Waals surface area contributed by atoms with Crippen LogP contribution in [0.25, 0.3) is 0 Å². The zero-order valence-electron chi connectivity index (χ0n) is 9.70. The van der Waals surface area contributed by atoms with Crippen molar-refractivity contribution in [2.24, 2.45) is 0 Å². The van der Waals surface area contributed by atoms with E-state index in [1.807, 2.05) is 0 Å². The molecule has 0 bridgehead atoms. The van der Waals surface area contributed by atoms with E-state index in [0.717, 1.165) is 6.20 Å². The van der Waals surface area contributed by atoms with Gasteiger partial charge in [-0.15, -0.1) is 11.6 Å². The molecule has 1 aromatic heterocycles. The summed E-state index contributed by atoms with van der Waals surface area (Å²) in [6.07, 6.45) is 1.11. The molecule has 2 nitrogen and oxygen atoms in total. The van der Waals surface area contributed by atoms with Crippen molar-refractivity contribution in [3.05, 3.63) is 53.7 Å². The molecule has 0 spiro atoms. The second kappa shape index (κ2) is 5.31. The molecular formula is C13H11ClF2N2. The summed E-state index contributed by atoms with van der Waals surface area (Å²) in [5.74, 6) is -0.132. The summed E-state index contributed by atoms with van der Waals surface area (Å²) in [6, 6.07) is 7.41. The number of benzene rings is 1. The Kier molecular flexibility index (Phi) is 3.77. The van der Waals surface area contributed by atoms with Gasteiger partial charge in [-0.3, -0.25) is 0 Å². The van der Waals surface area contributed by atoms with Gasteiger partial charge in [0, 0.05) is 18.3 Å². The van der Waals surface area contributed by atoms with Crippen LogP contribution in [0.1, 0.15) is 5.56 Å². The second-order valence-corrected chi connectivity index (χ2v) is 4.08. The Hall–Kier alpha value is -1.68. The molecule has 0 fully saturated rings. The molecule has 0 unspecified atom stereocenters. The molecule has 1 heterocycles. The molecule has 94 valence electrons. The van der Waals surface area contributed by atoms with Crippen molar-refractivity contribution in [1.82, 2.24) is 4.98 Å². The minimum Gasteiger partial charge on any atom is -0.329 e. The van der Waals surface area contributed by atoms with Crippen molar-refractivity contribution in [2.45, 2.75) is 5.88 Å². The fraction of sp³-hybridized carbons (Fsp3) is 0.154. The van der Waals surface area contributed by atoms with Gasteiger partial charge < -0.3 is 4.90 Å². The fourth-order valence-corrected chi connectivity index (χ4v) is 1.88. The predicted molar refractivity (Wildman–Crippen MR) is 68.2 cm³/mol. The van der Waals surface area contributed by atoms with Crippen molar-refractivity contribution >= 4 is 23.1 Å². The molecule has 0 saturated carbocycles. The smallest absolute Gasteiger partial charge is 0.141 e. The van der Waals surface area contributed by atoms with Gasteiger partial charge in [-0.2, -0.15) is 0 Å².